The minimum Gasteiger partial charge on any atom is -0.496 e. The van der Waals surface area contributed by atoms with Gasteiger partial charge in [0.25, 0.3) is 0 Å². The van der Waals surface area contributed by atoms with Gasteiger partial charge in [0.1, 0.15) is 11.6 Å². The molecule has 1 unspecified atom stereocenters. The summed E-state index contributed by atoms with van der Waals surface area (Å²) in [4.78, 5) is 15.6. The fourth-order valence-electron chi connectivity index (χ4n) is 4.26. The van der Waals surface area contributed by atoms with Gasteiger partial charge in [0, 0.05) is 11.8 Å². The Morgan fingerprint density at radius 3 is 2.71 bits per heavy atom. The number of rotatable bonds is 8. The zero-order valence-corrected chi connectivity index (χ0v) is 16.5. The quantitative estimate of drug-likeness (QED) is 0.464. The molecule has 172 valence electrons. The Bertz CT molecular complexity index is 890. The molecule has 0 radical (unpaired) electrons. The van der Waals surface area contributed by atoms with Gasteiger partial charge >= 0.3 is 0 Å². The molecule has 6 heteroatoms. The molecule has 4 rings (SSSR count). The lowest BCUT2D eigenvalue weighted by molar-refractivity contribution is 0.158. The van der Waals surface area contributed by atoms with E-state index in [0.29, 0.717) is 0 Å². The van der Waals surface area contributed by atoms with Gasteiger partial charge < -0.3 is 15.5 Å². The van der Waals surface area contributed by atoms with Crippen LogP contribution in [0.25, 0.3) is 11.0 Å². The molecule has 0 aliphatic heterocycles. The Morgan fingerprint density at radius 2 is 1.97 bits per heavy atom. The minimum absolute atomic E-state index is 0. The summed E-state index contributed by atoms with van der Waals surface area (Å²) in [5.41, 5.74) is 10.3. The number of fused-ring (bicyclic) bond motifs is 2. The monoisotopic (exact) mass is 427 g/mol. The number of unbranched alkanes of at least 4 members (excludes halogenated alkanes) is 1. The molecule has 0 bridgehead atoms. The molecule has 0 spiro atoms. The van der Waals surface area contributed by atoms with Crippen LogP contribution in [0.5, 0.6) is 5.75 Å². The number of nitrogens with one attached hydrogen (secondary N) is 1. The summed E-state index contributed by atoms with van der Waals surface area (Å²) in [6, 6.07) is 10.4. The van der Waals surface area contributed by atoms with Crippen LogP contribution in [0.1, 0.15) is 71.1 Å². The number of nitrogens with two attached hydrogens (primary N) is 1. The largest absolute Gasteiger partial charge is 0.496 e. The molecule has 0 fully saturated rings. The van der Waals surface area contributed by atoms with Gasteiger partial charge in [0.05, 0.1) is 36.4 Å². The van der Waals surface area contributed by atoms with E-state index in [9.17, 15) is 0 Å². The number of benzene rings is 1. The maximum absolute atomic E-state index is 5.75. The van der Waals surface area contributed by atoms with E-state index < -0.39 is 0 Å². The van der Waals surface area contributed by atoms with E-state index in [1.54, 1.807) is 7.11 Å². The highest BCUT2D eigenvalue weighted by Gasteiger charge is 2.29. The van der Waals surface area contributed by atoms with Crippen molar-refractivity contribution in [2.75, 3.05) is 20.2 Å². The molecule has 3 N–H and O–H groups in total. The lowest BCUT2D eigenvalue weighted by Gasteiger charge is -2.35. The Hall–Kier alpha value is -2.44. The number of nitrogens with zero attached hydrogens (tertiary/aromatic N) is 3. The van der Waals surface area contributed by atoms with Crippen molar-refractivity contribution in [1.82, 2.24) is 19.9 Å². The average Bonchev–Trinajstić information content (AvgIpc) is 3.15. The van der Waals surface area contributed by atoms with E-state index in [2.05, 4.69) is 22.0 Å². The van der Waals surface area contributed by atoms with Crippen molar-refractivity contribution in [1.29, 1.82) is 0 Å². The van der Waals surface area contributed by atoms with Crippen molar-refractivity contribution >= 4 is 11.0 Å². The third kappa shape index (κ3) is 5.83. The van der Waals surface area contributed by atoms with Crippen molar-refractivity contribution in [2.45, 2.75) is 67.0 Å². The Labute approximate surface area is 188 Å². The number of H-pyrrole nitrogens is 1. The molecule has 31 heavy (non-hydrogen) atoms. The van der Waals surface area contributed by atoms with Crippen LogP contribution in [0, 0.1) is 0 Å². The molecule has 0 saturated carbocycles. The first-order valence-electron chi connectivity index (χ1n) is 10.2. The van der Waals surface area contributed by atoms with Gasteiger partial charge in [-0.2, -0.15) is 0 Å². The average molecular weight is 428 g/mol. The number of para-hydroxylation sites is 2. The Morgan fingerprint density at radius 1 is 1.16 bits per heavy atom. The predicted molar refractivity (Wildman–Crippen MR) is 131 cm³/mol. The fourth-order valence-corrected chi connectivity index (χ4v) is 4.26. The molecule has 1 aromatic carbocycles. The van der Waals surface area contributed by atoms with Crippen LogP contribution in [0.3, 0.4) is 0 Å². The standard InChI is InChI=1S/C22H29N5O.3CH4/c1-28-20-11-13-24-22-16(20)7-6-10-19(22)27(14-5-4-12-23)15-21-25-17-8-2-3-9-18(17)26-21;;;/h2-3,8-9,11,13,19H,4-7,10,12,14-15,23H2,1H3,(H,25,26);3*1H4. The van der Waals surface area contributed by atoms with Crippen LogP contribution in [0.2, 0.25) is 0 Å². The van der Waals surface area contributed by atoms with Gasteiger partial charge in [-0.05, 0) is 63.4 Å². The van der Waals surface area contributed by atoms with Crippen LogP contribution in [-0.4, -0.2) is 40.1 Å². The van der Waals surface area contributed by atoms with Crippen molar-refractivity contribution in [3.05, 3.63) is 53.6 Å². The highest BCUT2D eigenvalue weighted by Crippen LogP contribution is 2.37. The maximum atomic E-state index is 5.75. The topological polar surface area (TPSA) is 80.1 Å². The van der Waals surface area contributed by atoms with Gasteiger partial charge in [-0.15, -0.1) is 0 Å². The normalized spacial score (nSPS) is 14.9. The van der Waals surface area contributed by atoms with E-state index in [4.69, 9.17) is 20.4 Å². The van der Waals surface area contributed by atoms with E-state index >= 15 is 0 Å². The molecule has 1 atom stereocenters. The number of pyridine rings is 1. The van der Waals surface area contributed by atoms with Gasteiger partial charge in [0.2, 0.25) is 0 Å². The van der Waals surface area contributed by atoms with E-state index in [1.807, 2.05) is 24.4 Å². The van der Waals surface area contributed by atoms with Crippen LogP contribution < -0.4 is 10.5 Å². The van der Waals surface area contributed by atoms with E-state index in [0.717, 1.165) is 80.0 Å². The summed E-state index contributed by atoms with van der Waals surface area (Å²) >= 11 is 0. The highest BCUT2D eigenvalue weighted by atomic mass is 16.5. The summed E-state index contributed by atoms with van der Waals surface area (Å²) in [6.07, 6.45) is 7.26. The fraction of sp³-hybridized carbons (Fsp3) is 0.520. The van der Waals surface area contributed by atoms with E-state index in [-0.39, 0.29) is 28.3 Å². The Kier molecular flexibility index (Phi) is 10.7. The lowest BCUT2D eigenvalue weighted by Crippen LogP contribution is -2.33. The molecular weight excluding hydrogens is 386 g/mol. The third-order valence-electron chi connectivity index (χ3n) is 5.62. The van der Waals surface area contributed by atoms with Crippen LogP contribution in [-0.2, 0) is 13.0 Å². The summed E-state index contributed by atoms with van der Waals surface area (Å²) < 4.78 is 5.60. The first-order valence-corrected chi connectivity index (χ1v) is 10.2. The van der Waals surface area contributed by atoms with Crippen molar-refractivity contribution < 1.29 is 4.74 Å². The number of imidazole rings is 1. The summed E-state index contributed by atoms with van der Waals surface area (Å²) in [6.45, 7) is 2.49. The maximum Gasteiger partial charge on any atom is 0.125 e. The third-order valence-corrected chi connectivity index (χ3v) is 5.62. The zero-order valence-electron chi connectivity index (χ0n) is 16.5. The first kappa shape index (κ1) is 26.6. The number of aromatic amines is 1. The summed E-state index contributed by atoms with van der Waals surface area (Å²) in [7, 11) is 1.74. The summed E-state index contributed by atoms with van der Waals surface area (Å²) in [5, 5.41) is 0. The van der Waals surface area contributed by atoms with Crippen molar-refractivity contribution in [2.24, 2.45) is 5.73 Å². The molecular formula is C25H41N5O. The molecule has 6 nitrogen and oxygen atoms in total. The molecule has 2 heterocycles. The number of methoxy groups -OCH3 is 1. The van der Waals surface area contributed by atoms with Gasteiger partial charge in [-0.1, -0.05) is 34.4 Å². The number of hydrogen-bond acceptors (Lipinski definition) is 5. The number of hydrogen-bond donors (Lipinski definition) is 2. The zero-order chi connectivity index (χ0) is 19.3. The van der Waals surface area contributed by atoms with Gasteiger partial charge in [0.15, 0.2) is 0 Å². The molecule has 2 aromatic heterocycles. The second-order valence-electron chi connectivity index (χ2n) is 7.45. The van der Waals surface area contributed by atoms with Gasteiger partial charge in [-0.25, -0.2) is 4.98 Å². The second-order valence-corrected chi connectivity index (χ2v) is 7.45. The summed E-state index contributed by atoms with van der Waals surface area (Å²) in [5.74, 6) is 1.96. The lowest BCUT2D eigenvalue weighted by atomic mass is 9.90. The van der Waals surface area contributed by atoms with Crippen LogP contribution >= 0.6 is 0 Å². The van der Waals surface area contributed by atoms with E-state index in [1.165, 1.54) is 5.56 Å². The van der Waals surface area contributed by atoms with Crippen LogP contribution in [0.15, 0.2) is 36.5 Å². The SMILES string of the molecule is C.C.C.COc1ccnc2c1CCCC2N(CCCCN)Cc1nc2ccccc2[nH]1. The van der Waals surface area contributed by atoms with Crippen molar-refractivity contribution in [3.63, 3.8) is 0 Å². The predicted octanol–water partition coefficient (Wildman–Crippen LogP) is 5.49. The minimum atomic E-state index is 0. The highest BCUT2D eigenvalue weighted by molar-refractivity contribution is 5.74. The molecule has 3 aromatic rings. The van der Waals surface area contributed by atoms with Crippen LogP contribution in [0.4, 0.5) is 0 Å². The second kappa shape index (κ2) is 12.4. The van der Waals surface area contributed by atoms with Gasteiger partial charge in [-0.3, -0.25) is 9.88 Å². The smallest absolute Gasteiger partial charge is 0.125 e. The molecule has 0 amide bonds. The number of ether oxygens (including phenoxy) is 1. The molecule has 1 aliphatic rings. The van der Waals surface area contributed by atoms with Crippen molar-refractivity contribution in [3.8, 4) is 5.75 Å². The Balaban J connectivity index is 0.00000160. The molecule has 0 saturated heterocycles. The molecule has 1 aliphatic carbocycles. The first-order chi connectivity index (χ1) is 13.8. The number of aromatic nitrogens is 3.